The molecule has 0 atom stereocenters. The normalized spacial score (nSPS) is 10.3. The summed E-state index contributed by atoms with van der Waals surface area (Å²) in [6.45, 7) is 3.01. The molecule has 18 heavy (non-hydrogen) atoms. The largest absolute Gasteiger partial charge is 0.398 e. The number of likely N-dealkylation sites (N-methyl/N-ethyl adjacent to an activating group) is 1. The second-order valence-corrected chi connectivity index (χ2v) is 4.26. The van der Waals surface area contributed by atoms with Crippen LogP contribution in [0.2, 0.25) is 0 Å². The quantitative estimate of drug-likeness (QED) is 0.559. The maximum atomic E-state index is 8.75. The first-order valence-corrected chi connectivity index (χ1v) is 5.89. The smallest absolute Gasteiger partial charge is 0.101 e. The maximum Gasteiger partial charge on any atom is 0.101 e. The Hall–Kier alpha value is -1.77. The van der Waals surface area contributed by atoms with E-state index >= 15 is 0 Å². The highest BCUT2D eigenvalue weighted by Gasteiger charge is 1.99. The van der Waals surface area contributed by atoms with Gasteiger partial charge in [0, 0.05) is 18.8 Å². The van der Waals surface area contributed by atoms with Crippen molar-refractivity contribution in [2.45, 2.75) is 0 Å². The zero-order valence-corrected chi connectivity index (χ0v) is 10.9. The molecule has 1 rings (SSSR count). The Kier molecular flexibility index (Phi) is 5.98. The van der Waals surface area contributed by atoms with Crippen LogP contribution < -0.4 is 11.1 Å². The van der Waals surface area contributed by atoms with Crippen molar-refractivity contribution in [3.63, 3.8) is 0 Å². The van der Waals surface area contributed by atoms with Crippen LogP contribution in [0, 0.1) is 11.3 Å². The Morgan fingerprint density at radius 3 is 2.78 bits per heavy atom. The van der Waals surface area contributed by atoms with Crippen LogP contribution in [0.25, 0.3) is 0 Å². The molecule has 0 radical (unpaired) electrons. The molecule has 0 spiro atoms. The molecule has 0 heterocycles. The molecule has 1 aromatic rings. The Balaban J connectivity index is 2.24. The molecule has 0 bridgehead atoms. The summed E-state index contributed by atoms with van der Waals surface area (Å²) in [6.07, 6.45) is 0. The second-order valence-electron chi connectivity index (χ2n) is 4.26. The predicted octanol–water partition coefficient (Wildman–Crippen LogP) is 1.13. The van der Waals surface area contributed by atoms with E-state index in [1.807, 2.05) is 26.2 Å². The Morgan fingerprint density at radius 2 is 2.17 bits per heavy atom. The third-order valence-electron chi connectivity index (χ3n) is 2.43. The van der Waals surface area contributed by atoms with Crippen molar-refractivity contribution in [1.29, 1.82) is 5.26 Å². The van der Waals surface area contributed by atoms with Crippen molar-refractivity contribution in [3.05, 3.63) is 23.8 Å². The van der Waals surface area contributed by atoms with Crippen molar-refractivity contribution >= 4 is 11.4 Å². The minimum absolute atomic E-state index is 0.496. The summed E-state index contributed by atoms with van der Waals surface area (Å²) in [5.41, 5.74) is 7.62. The predicted molar refractivity (Wildman–Crippen MR) is 73.4 cm³/mol. The SMILES string of the molecule is CN(C)CCOCCNc1ccc(C#N)c(N)c1. The van der Waals surface area contributed by atoms with Gasteiger partial charge >= 0.3 is 0 Å². The van der Waals surface area contributed by atoms with E-state index in [4.69, 9.17) is 15.7 Å². The minimum Gasteiger partial charge on any atom is -0.398 e. The summed E-state index contributed by atoms with van der Waals surface area (Å²) < 4.78 is 5.45. The highest BCUT2D eigenvalue weighted by atomic mass is 16.5. The van der Waals surface area contributed by atoms with E-state index in [1.54, 1.807) is 12.1 Å². The van der Waals surface area contributed by atoms with Crippen LogP contribution in [0.3, 0.4) is 0 Å². The topological polar surface area (TPSA) is 74.3 Å². The van der Waals surface area contributed by atoms with E-state index in [0.29, 0.717) is 17.9 Å². The van der Waals surface area contributed by atoms with E-state index in [1.165, 1.54) is 0 Å². The average Bonchev–Trinajstić information content (AvgIpc) is 2.33. The molecule has 0 aliphatic carbocycles. The van der Waals surface area contributed by atoms with Gasteiger partial charge in [-0.2, -0.15) is 5.26 Å². The summed E-state index contributed by atoms with van der Waals surface area (Å²) in [7, 11) is 4.03. The zero-order valence-electron chi connectivity index (χ0n) is 10.9. The van der Waals surface area contributed by atoms with Crippen molar-refractivity contribution < 1.29 is 4.74 Å². The summed E-state index contributed by atoms with van der Waals surface area (Å²) in [4.78, 5) is 2.08. The molecule has 0 saturated carbocycles. The van der Waals surface area contributed by atoms with Crippen molar-refractivity contribution in [2.24, 2.45) is 0 Å². The number of nitrogens with zero attached hydrogens (tertiary/aromatic N) is 2. The zero-order chi connectivity index (χ0) is 13.4. The van der Waals surface area contributed by atoms with Crippen molar-refractivity contribution in [3.8, 4) is 6.07 Å². The number of rotatable bonds is 7. The molecule has 5 heteroatoms. The van der Waals surface area contributed by atoms with E-state index in [-0.39, 0.29) is 0 Å². The van der Waals surface area contributed by atoms with Gasteiger partial charge in [0.15, 0.2) is 0 Å². The van der Waals surface area contributed by atoms with Crippen molar-refractivity contribution in [1.82, 2.24) is 4.90 Å². The number of ether oxygens (including phenoxy) is 1. The molecule has 5 nitrogen and oxygen atoms in total. The molecular weight excluding hydrogens is 228 g/mol. The molecular formula is C13H20N4O. The third kappa shape index (κ3) is 5.04. The van der Waals surface area contributed by atoms with Crippen LogP contribution in [0.15, 0.2) is 18.2 Å². The minimum atomic E-state index is 0.496. The lowest BCUT2D eigenvalue weighted by molar-refractivity contribution is 0.126. The summed E-state index contributed by atoms with van der Waals surface area (Å²) >= 11 is 0. The lowest BCUT2D eigenvalue weighted by Crippen LogP contribution is -2.20. The first-order valence-electron chi connectivity index (χ1n) is 5.89. The van der Waals surface area contributed by atoms with Crippen LogP contribution in [-0.2, 0) is 4.74 Å². The molecule has 98 valence electrons. The van der Waals surface area contributed by atoms with Crippen LogP contribution in [-0.4, -0.2) is 45.3 Å². The molecule has 0 amide bonds. The molecule has 1 aromatic carbocycles. The summed E-state index contributed by atoms with van der Waals surface area (Å²) in [6, 6.07) is 7.35. The van der Waals surface area contributed by atoms with Gasteiger partial charge in [-0.05, 0) is 32.3 Å². The van der Waals surface area contributed by atoms with Gasteiger partial charge < -0.3 is 20.7 Å². The first kappa shape index (κ1) is 14.3. The fraction of sp³-hybridized carbons (Fsp3) is 0.462. The van der Waals surface area contributed by atoms with Gasteiger partial charge in [-0.3, -0.25) is 0 Å². The fourth-order valence-corrected chi connectivity index (χ4v) is 1.39. The number of hydrogen-bond acceptors (Lipinski definition) is 5. The van der Waals surface area contributed by atoms with Crippen LogP contribution >= 0.6 is 0 Å². The Labute approximate surface area is 108 Å². The Bertz CT molecular complexity index is 412. The summed E-state index contributed by atoms with van der Waals surface area (Å²) in [5, 5.41) is 11.9. The molecule has 0 aliphatic heterocycles. The van der Waals surface area contributed by atoms with E-state index < -0.39 is 0 Å². The monoisotopic (exact) mass is 248 g/mol. The second kappa shape index (κ2) is 7.54. The molecule has 3 N–H and O–H groups in total. The van der Waals surface area contributed by atoms with Gasteiger partial charge in [0.05, 0.1) is 24.5 Å². The molecule has 0 saturated heterocycles. The van der Waals surface area contributed by atoms with E-state index in [2.05, 4.69) is 10.2 Å². The number of nitrogens with two attached hydrogens (primary N) is 1. The highest BCUT2D eigenvalue weighted by Crippen LogP contribution is 2.16. The van der Waals surface area contributed by atoms with Gasteiger partial charge in [0.2, 0.25) is 0 Å². The first-order chi connectivity index (χ1) is 8.63. The van der Waals surface area contributed by atoms with Gasteiger partial charge in [-0.25, -0.2) is 0 Å². The molecule has 0 fully saturated rings. The molecule has 0 unspecified atom stereocenters. The molecule has 0 aromatic heterocycles. The van der Waals surface area contributed by atoms with Crippen LogP contribution in [0.1, 0.15) is 5.56 Å². The Morgan fingerprint density at radius 1 is 1.39 bits per heavy atom. The van der Waals surface area contributed by atoms with E-state index in [9.17, 15) is 0 Å². The maximum absolute atomic E-state index is 8.75. The average molecular weight is 248 g/mol. The lowest BCUT2D eigenvalue weighted by atomic mass is 10.2. The standard InChI is InChI=1S/C13H20N4O/c1-17(2)6-8-18-7-5-16-12-4-3-11(10-14)13(15)9-12/h3-4,9,16H,5-8,15H2,1-2H3. The highest BCUT2D eigenvalue weighted by molar-refractivity contribution is 5.62. The number of benzene rings is 1. The lowest BCUT2D eigenvalue weighted by Gasteiger charge is -2.11. The number of hydrogen-bond donors (Lipinski definition) is 2. The number of nitrogens with one attached hydrogen (secondary N) is 1. The molecule has 0 aliphatic rings. The van der Waals surface area contributed by atoms with Gasteiger partial charge in [-0.1, -0.05) is 0 Å². The number of nitriles is 1. The van der Waals surface area contributed by atoms with Crippen LogP contribution in [0.4, 0.5) is 11.4 Å². The number of nitrogen functional groups attached to an aromatic ring is 1. The van der Waals surface area contributed by atoms with E-state index in [0.717, 1.165) is 25.4 Å². The van der Waals surface area contributed by atoms with Gasteiger partial charge in [0.1, 0.15) is 6.07 Å². The summed E-state index contributed by atoms with van der Waals surface area (Å²) in [5.74, 6) is 0. The van der Waals surface area contributed by atoms with Crippen LogP contribution in [0.5, 0.6) is 0 Å². The van der Waals surface area contributed by atoms with Gasteiger partial charge in [0.25, 0.3) is 0 Å². The number of anilines is 2. The third-order valence-corrected chi connectivity index (χ3v) is 2.43. The van der Waals surface area contributed by atoms with Crippen molar-refractivity contribution in [2.75, 3.05) is 51.4 Å². The van der Waals surface area contributed by atoms with Gasteiger partial charge in [-0.15, -0.1) is 0 Å². The fourth-order valence-electron chi connectivity index (χ4n) is 1.39.